The summed E-state index contributed by atoms with van der Waals surface area (Å²) in [6, 6.07) is 16.2. The number of sulfonamides is 1. The monoisotopic (exact) mass is 1260 g/mol. The minimum absolute atomic E-state index is 0.00268. The second-order valence-electron chi connectivity index (χ2n) is 18.5. The van der Waals surface area contributed by atoms with Crippen LogP contribution in [0.1, 0.15) is 44.2 Å². The summed E-state index contributed by atoms with van der Waals surface area (Å²) in [4.78, 5) is 55.2. The Labute approximate surface area is 500 Å². The number of aliphatic hydroxyl groups is 2. The van der Waals surface area contributed by atoms with E-state index in [-0.39, 0.29) is 161 Å². The van der Waals surface area contributed by atoms with Crippen LogP contribution >= 0.6 is 0 Å². The molecule has 0 aliphatic heterocycles. The van der Waals surface area contributed by atoms with E-state index in [2.05, 4.69) is 20.0 Å². The SMILES string of the molecule is C/C(=C\c1ccc(Oc2ccc(S(=O)(=O)CCCOCCOCCOCCCC(=O)[C@H](O)[C@@H](O)C(=O)NCCOCCOCCOCCNS(=O)(=O)c3ccc(Oc4c(F)cc(/C=C(\C)C(=O)N=C(N)N)cc4F)cc3)cc2)c(F)c1)C(=O)N=C(N)N. The van der Waals surface area contributed by atoms with Crippen LogP contribution in [0.15, 0.2) is 110 Å². The van der Waals surface area contributed by atoms with Gasteiger partial charge in [-0.05, 0) is 123 Å². The molecule has 0 heterocycles. The number of aliphatic imine (C=N–C) groups is 2. The van der Waals surface area contributed by atoms with Crippen molar-refractivity contribution in [1.29, 1.82) is 0 Å². The van der Waals surface area contributed by atoms with Crippen LogP contribution in [0.25, 0.3) is 12.2 Å². The number of nitrogens with one attached hydrogen (secondary N) is 2. The summed E-state index contributed by atoms with van der Waals surface area (Å²) in [6.45, 7) is 4.32. The molecule has 0 unspecified atom stereocenters. The molecule has 3 amide bonds. The predicted octanol–water partition coefficient (Wildman–Crippen LogP) is 2.52. The number of ketones is 1. The number of carbonyl (C=O) groups is 4. The largest absolute Gasteiger partial charge is 0.454 e. The van der Waals surface area contributed by atoms with Gasteiger partial charge in [0.25, 0.3) is 17.7 Å². The molecule has 4 rings (SSSR count). The number of hydrogen-bond acceptors (Lipinski definition) is 18. The number of aliphatic hydroxyl groups excluding tert-OH is 2. The highest BCUT2D eigenvalue weighted by molar-refractivity contribution is 7.91. The van der Waals surface area contributed by atoms with Crippen LogP contribution in [0, 0.1) is 17.5 Å². The molecule has 0 saturated carbocycles. The maximum absolute atomic E-state index is 14.8. The lowest BCUT2D eigenvalue weighted by molar-refractivity contribution is -0.145. The summed E-state index contributed by atoms with van der Waals surface area (Å²) in [6.07, 6.45) is -1.15. The highest BCUT2D eigenvalue weighted by Crippen LogP contribution is 2.31. The molecule has 0 spiro atoms. The number of amides is 3. The van der Waals surface area contributed by atoms with Gasteiger partial charge in [-0.3, -0.25) is 19.2 Å². The Hall–Kier alpha value is -7.69. The molecule has 476 valence electrons. The van der Waals surface area contributed by atoms with Crippen molar-refractivity contribution in [1.82, 2.24) is 10.0 Å². The molecular weight excluding hydrogens is 1190 g/mol. The molecule has 12 N–H and O–H groups in total. The number of benzene rings is 4. The van der Waals surface area contributed by atoms with E-state index in [0.717, 1.165) is 18.2 Å². The van der Waals surface area contributed by atoms with Gasteiger partial charge in [0, 0.05) is 43.9 Å². The first-order valence-electron chi connectivity index (χ1n) is 26.7. The smallest absolute Gasteiger partial charge is 0.275 e. The fourth-order valence-electron chi connectivity index (χ4n) is 7.18. The van der Waals surface area contributed by atoms with E-state index in [9.17, 15) is 59.4 Å². The average Bonchev–Trinajstić information content (AvgIpc) is 3.62. The van der Waals surface area contributed by atoms with Crippen LogP contribution < -0.4 is 42.4 Å². The van der Waals surface area contributed by atoms with E-state index < -0.39 is 90.7 Å². The lowest BCUT2D eigenvalue weighted by atomic mass is 10.1. The first-order chi connectivity index (χ1) is 41.4. The van der Waals surface area contributed by atoms with E-state index in [4.69, 9.17) is 60.8 Å². The van der Waals surface area contributed by atoms with E-state index in [1.807, 2.05) is 0 Å². The lowest BCUT2D eigenvalue weighted by Crippen LogP contribution is -2.46. The van der Waals surface area contributed by atoms with Crippen LogP contribution in [0.4, 0.5) is 13.2 Å². The molecule has 31 heteroatoms. The van der Waals surface area contributed by atoms with E-state index in [0.29, 0.717) is 5.56 Å². The Balaban J connectivity index is 0.944. The summed E-state index contributed by atoms with van der Waals surface area (Å²) < 4.78 is 141. The normalized spacial score (nSPS) is 12.7. The van der Waals surface area contributed by atoms with Gasteiger partial charge >= 0.3 is 0 Å². The van der Waals surface area contributed by atoms with Gasteiger partial charge in [0.2, 0.25) is 10.0 Å². The number of sulfone groups is 1. The van der Waals surface area contributed by atoms with Gasteiger partial charge in [-0.1, -0.05) is 6.07 Å². The van der Waals surface area contributed by atoms with Crippen molar-refractivity contribution in [3.63, 3.8) is 0 Å². The van der Waals surface area contributed by atoms with Crippen molar-refractivity contribution in [3.05, 3.63) is 119 Å². The zero-order valence-electron chi connectivity index (χ0n) is 47.6. The molecule has 0 saturated heterocycles. The topological polar surface area (TPSA) is 404 Å². The van der Waals surface area contributed by atoms with Crippen LogP contribution in [0.2, 0.25) is 0 Å². The van der Waals surface area contributed by atoms with Crippen molar-refractivity contribution in [2.24, 2.45) is 32.9 Å². The van der Waals surface area contributed by atoms with Gasteiger partial charge in [0.1, 0.15) is 17.6 Å². The first kappa shape index (κ1) is 71.8. The Morgan fingerprint density at radius 2 is 1.00 bits per heavy atom. The third-order valence-electron chi connectivity index (χ3n) is 11.5. The van der Waals surface area contributed by atoms with E-state index >= 15 is 0 Å². The number of carbonyl (C=O) groups excluding carboxylic acids is 4. The third kappa shape index (κ3) is 26.4. The number of rotatable bonds is 40. The maximum Gasteiger partial charge on any atom is 0.275 e. The van der Waals surface area contributed by atoms with Crippen molar-refractivity contribution < 1.29 is 97.3 Å². The standard InChI is InChI=1S/C56H71F3N8O18S2/c1-36(52(71)66-55(60)61)31-38-6-15-48(44(57)33-38)84-40-7-11-42(12-8-40)86(74,75)30-4-19-79-23-27-82-26-22-78-18-3-5-47(68)49(69)50(70)54(73)64-16-20-80-24-28-83-29-25-81-21-17-65-87(76,77)43-13-9-41(10-14-43)85-51-45(58)34-39(35-46(51)59)32-37(2)53(72)67-56(62)63/h6-15,31-35,49-50,65,69-70H,3-5,16-30H2,1-2H3,(H,64,73)(H4,60,61,66,71)(H4,62,63,67,72)/b36-31+,37-32+/t49-,50+/m0/s1. The minimum atomic E-state index is -3.99. The zero-order valence-corrected chi connectivity index (χ0v) is 49.3. The van der Waals surface area contributed by atoms with Crippen molar-refractivity contribution in [3.8, 4) is 23.0 Å². The number of hydrogen-bond donors (Lipinski definition) is 8. The Morgan fingerprint density at radius 1 is 0.552 bits per heavy atom. The number of nitrogens with zero attached hydrogens (tertiary/aromatic N) is 2. The lowest BCUT2D eigenvalue weighted by Gasteiger charge is -2.16. The molecule has 0 fully saturated rings. The third-order valence-corrected chi connectivity index (χ3v) is 14.8. The number of guanidine groups is 2. The molecular formula is C56H71F3N8O18S2. The second kappa shape index (κ2) is 37.1. The Bertz CT molecular complexity index is 3250. The van der Waals surface area contributed by atoms with Crippen molar-refractivity contribution >= 4 is 67.4 Å². The van der Waals surface area contributed by atoms with Gasteiger partial charge in [-0.2, -0.15) is 9.98 Å². The first-order valence-corrected chi connectivity index (χ1v) is 29.8. The van der Waals surface area contributed by atoms with Gasteiger partial charge < -0.3 is 76.4 Å². The molecule has 26 nitrogen and oxygen atoms in total. The molecule has 0 bridgehead atoms. The number of halogens is 3. The van der Waals surface area contributed by atoms with Crippen LogP contribution in [-0.2, 0) is 67.5 Å². The fraction of sp³-hybridized carbons (Fsp3) is 0.393. The van der Waals surface area contributed by atoms with Crippen molar-refractivity contribution in [2.45, 2.75) is 55.1 Å². The summed E-state index contributed by atoms with van der Waals surface area (Å²) in [5.41, 5.74) is 21.3. The molecule has 0 radical (unpaired) electrons. The van der Waals surface area contributed by atoms with E-state index in [1.54, 1.807) is 0 Å². The quantitative estimate of drug-likeness (QED) is 0.0137. The molecule has 0 aromatic heterocycles. The Morgan fingerprint density at radius 3 is 1.52 bits per heavy atom. The highest BCUT2D eigenvalue weighted by atomic mass is 32.2. The zero-order chi connectivity index (χ0) is 63.9. The summed E-state index contributed by atoms with van der Waals surface area (Å²) >= 11 is 0. The number of Topliss-reactive ketones (excluding diaryl/α,β-unsaturated/α-hetero) is 1. The van der Waals surface area contributed by atoms with Crippen LogP contribution in [-0.4, -0.2) is 173 Å². The minimum Gasteiger partial charge on any atom is -0.454 e. The fourth-order valence-corrected chi connectivity index (χ4v) is 9.48. The number of ether oxygens (including phenoxy) is 8. The average molecular weight is 1270 g/mol. The summed E-state index contributed by atoms with van der Waals surface area (Å²) in [5.74, 6) is -7.92. The predicted molar refractivity (Wildman–Crippen MR) is 311 cm³/mol. The maximum atomic E-state index is 14.8. The molecule has 4 aromatic rings. The molecule has 2 atom stereocenters. The van der Waals surface area contributed by atoms with Crippen LogP contribution in [0.5, 0.6) is 23.0 Å². The summed E-state index contributed by atoms with van der Waals surface area (Å²) in [5, 5.41) is 22.7. The second-order valence-corrected chi connectivity index (χ2v) is 22.4. The molecule has 4 aromatic carbocycles. The number of nitrogens with two attached hydrogens (primary N) is 4. The molecule has 0 aliphatic rings. The van der Waals surface area contributed by atoms with E-state index in [1.165, 1.54) is 86.7 Å². The van der Waals surface area contributed by atoms with Gasteiger partial charge in [0.15, 0.2) is 62.6 Å². The Kier molecular flexibility index (Phi) is 30.6. The summed E-state index contributed by atoms with van der Waals surface area (Å²) in [7, 11) is -7.65. The molecule has 87 heavy (non-hydrogen) atoms. The van der Waals surface area contributed by atoms with Crippen molar-refractivity contribution in [2.75, 3.05) is 98.1 Å². The van der Waals surface area contributed by atoms with Crippen LogP contribution in [0.3, 0.4) is 0 Å². The van der Waals surface area contributed by atoms with Gasteiger partial charge in [-0.15, -0.1) is 0 Å². The van der Waals surface area contributed by atoms with Gasteiger partial charge in [-0.25, -0.2) is 34.7 Å². The molecule has 0 aliphatic carbocycles. The van der Waals surface area contributed by atoms with Gasteiger partial charge in [0.05, 0.1) is 81.6 Å². The highest BCUT2D eigenvalue weighted by Gasteiger charge is 2.29.